The molecule has 48 heavy (non-hydrogen) atoms. The lowest BCUT2D eigenvalue weighted by atomic mass is 9.80. The van der Waals surface area contributed by atoms with Crippen molar-refractivity contribution in [2.75, 3.05) is 0 Å². The lowest BCUT2D eigenvalue weighted by Crippen LogP contribution is -2.01. The van der Waals surface area contributed by atoms with Crippen LogP contribution in [0, 0.1) is 20.8 Å². The molecule has 0 aromatic heterocycles. The van der Waals surface area contributed by atoms with E-state index in [1.807, 2.05) is 36.4 Å². The van der Waals surface area contributed by atoms with Gasteiger partial charge in [0.2, 0.25) is 0 Å². The second-order valence-corrected chi connectivity index (χ2v) is 12.4. The molecule has 0 saturated carbocycles. The molecule has 3 heteroatoms. The van der Waals surface area contributed by atoms with Gasteiger partial charge in [0, 0.05) is 0 Å². The maximum absolute atomic E-state index is 9.77. The van der Waals surface area contributed by atoms with E-state index in [0.29, 0.717) is 0 Å². The summed E-state index contributed by atoms with van der Waals surface area (Å²) in [5, 5.41) is 29.3. The van der Waals surface area contributed by atoms with Crippen LogP contribution < -0.4 is 0 Å². The first-order valence-corrected chi connectivity index (χ1v) is 16.1. The SMILES string of the molecule is Cc1c(-c2ccc(-c3ccc(O)cc3)cc2)c(C)c(-c2ccc(-c3ccc(O)cc3)cc2)c(C)c1-c1ccc(-c2ccc(O)cc2)cc1. The highest BCUT2D eigenvalue weighted by Crippen LogP contribution is 2.44. The molecule has 0 unspecified atom stereocenters. The minimum absolute atomic E-state index is 0.258. The Balaban J connectivity index is 1.37. The van der Waals surface area contributed by atoms with E-state index in [0.717, 1.165) is 50.1 Å². The van der Waals surface area contributed by atoms with Gasteiger partial charge in [-0.15, -0.1) is 0 Å². The average molecular weight is 625 g/mol. The van der Waals surface area contributed by atoms with Gasteiger partial charge in [-0.1, -0.05) is 109 Å². The van der Waals surface area contributed by atoms with Gasteiger partial charge in [-0.05, 0) is 141 Å². The minimum Gasteiger partial charge on any atom is -0.508 e. The quantitative estimate of drug-likeness (QED) is 0.172. The zero-order valence-corrected chi connectivity index (χ0v) is 27.2. The van der Waals surface area contributed by atoms with Crippen LogP contribution in [0.25, 0.3) is 66.8 Å². The topological polar surface area (TPSA) is 60.7 Å². The predicted molar refractivity (Wildman–Crippen MR) is 198 cm³/mol. The van der Waals surface area contributed by atoms with Gasteiger partial charge in [-0.3, -0.25) is 0 Å². The first-order chi connectivity index (χ1) is 23.3. The van der Waals surface area contributed by atoms with Crippen LogP contribution in [-0.4, -0.2) is 15.3 Å². The summed E-state index contributed by atoms with van der Waals surface area (Å²) in [5.74, 6) is 0.774. The monoisotopic (exact) mass is 624 g/mol. The first kappa shape index (κ1) is 30.6. The first-order valence-electron chi connectivity index (χ1n) is 16.1. The molecule has 0 saturated heterocycles. The fourth-order valence-electron chi connectivity index (χ4n) is 6.97. The molecule has 0 aliphatic heterocycles. The van der Waals surface area contributed by atoms with Gasteiger partial charge in [0.15, 0.2) is 0 Å². The van der Waals surface area contributed by atoms with E-state index in [-0.39, 0.29) is 17.2 Å². The maximum Gasteiger partial charge on any atom is 0.115 e. The van der Waals surface area contributed by atoms with Gasteiger partial charge in [0.1, 0.15) is 17.2 Å². The van der Waals surface area contributed by atoms with Gasteiger partial charge in [0.25, 0.3) is 0 Å². The van der Waals surface area contributed by atoms with E-state index in [1.165, 1.54) is 33.4 Å². The molecule has 234 valence electrons. The van der Waals surface area contributed by atoms with Crippen LogP contribution in [0.15, 0.2) is 146 Å². The minimum atomic E-state index is 0.258. The second kappa shape index (κ2) is 12.6. The summed E-state index contributed by atoms with van der Waals surface area (Å²) < 4.78 is 0. The molecule has 7 aromatic carbocycles. The van der Waals surface area contributed by atoms with E-state index in [1.54, 1.807) is 36.4 Å². The Kier molecular flexibility index (Phi) is 8.04. The zero-order valence-electron chi connectivity index (χ0n) is 27.2. The molecular formula is C45H36O3. The number of hydrogen-bond donors (Lipinski definition) is 3. The average Bonchev–Trinajstić information content (AvgIpc) is 3.10. The third-order valence-electron chi connectivity index (χ3n) is 9.37. The highest BCUT2D eigenvalue weighted by atomic mass is 16.3. The summed E-state index contributed by atoms with van der Waals surface area (Å²) in [5.41, 5.74) is 17.2. The summed E-state index contributed by atoms with van der Waals surface area (Å²) in [4.78, 5) is 0. The Hall–Kier alpha value is -6.06. The fraction of sp³-hybridized carbons (Fsp3) is 0.0667. The van der Waals surface area contributed by atoms with Gasteiger partial charge in [-0.2, -0.15) is 0 Å². The van der Waals surface area contributed by atoms with Crippen molar-refractivity contribution < 1.29 is 15.3 Å². The van der Waals surface area contributed by atoms with Crippen molar-refractivity contribution in [3.63, 3.8) is 0 Å². The van der Waals surface area contributed by atoms with Crippen LogP contribution in [0.5, 0.6) is 17.2 Å². The van der Waals surface area contributed by atoms with Crippen LogP contribution in [0.1, 0.15) is 16.7 Å². The molecule has 0 aliphatic rings. The molecule has 3 nitrogen and oxygen atoms in total. The Labute approximate surface area is 281 Å². The molecule has 0 radical (unpaired) electrons. The molecular weight excluding hydrogens is 588 g/mol. The standard InChI is InChI=1S/C45H36O3/c1-28-43(37-10-4-31(5-11-37)34-16-22-40(46)23-17-34)29(2)45(39-14-8-33(9-15-39)36-20-26-42(48)27-21-36)30(3)44(28)38-12-6-32(7-13-38)35-18-24-41(47)25-19-35/h4-27,46-48H,1-3H3. The Bertz CT molecular complexity index is 1930. The highest BCUT2D eigenvalue weighted by Gasteiger charge is 2.21. The molecule has 0 bridgehead atoms. The Morgan fingerprint density at radius 2 is 0.375 bits per heavy atom. The largest absolute Gasteiger partial charge is 0.508 e. The van der Waals surface area contributed by atoms with Crippen LogP contribution in [0.3, 0.4) is 0 Å². The van der Waals surface area contributed by atoms with Crippen LogP contribution >= 0.6 is 0 Å². The summed E-state index contributed by atoms with van der Waals surface area (Å²) >= 11 is 0. The number of aromatic hydroxyl groups is 3. The van der Waals surface area contributed by atoms with Crippen LogP contribution in [0.4, 0.5) is 0 Å². The fourth-order valence-corrected chi connectivity index (χ4v) is 6.97. The van der Waals surface area contributed by atoms with Crippen LogP contribution in [-0.2, 0) is 0 Å². The van der Waals surface area contributed by atoms with E-state index >= 15 is 0 Å². The lowest BCUT2D eigenvalue weighted by Gasteiger charge is -2.24. The number of hydrogen-bond acceptors (Lipinski definition) is 3. The maximum atomic E-state index is 9.77. The van der Waals surface area contributed by atoms with E-state index in [9.17, 15) is 15.3 Å². The number of benzene rings is 7. The molecule has 0 aliphatic carbocycles. The Morgan fingerprint density at radius 1 is 0.229 bits per heavy atom. The van der Waals surface area contributed by atoms with Crippen molar-refractivity contribution in [3.05, 3.63) is 162 Å². The molecule has 7 aromatic rings. The van der Waals surface area contributed by atoms with Gasteiger partial charge < -0.3 is 15.3 Å². The highest BCUT2D eigenvalue weighted by molar-refractivity contribution is 5.92. The third-order valence-corrected chi connectivity index (χ3v) is 9.37. The molecule has 0 amide bonds. The summed E-state index contributed by atoms with van der Waals surface area (Å²) in [6.45, 7) is 6.68. The number of phenolic OH excluding ortho intramolecular Hbond substituents is 3. The summed E-state index contributed by atoms with van der Waals surface area (Å²) in [6, 6.07) is 48.0. The molecule has 3 N–H and O–H groups in total. The van der Waals surface area contributed by atoms with Crippen molar-refractivity contribution in [3.8, 4) is 84.0 Å². The van der Waals surface area contributed by atoms with Crippen molar-refractivity contribution in [2.45, 2.75) is 20.8 Å². The van der Waals surface area contributed by atoms with E-state index in [4.69, 9.17) is 0 Å². The normalized spacial score (nSPS) is 11.1. The summed E-state index contributed by atoms with van der Waals surface area (Å²) in [6.07, 6.45) is 0. The molecule has 0 fully saturated rings. The number of phenols is 3. The van der Waals surface area contributed by atoms with Crippen LogP contribution in [0.2, 0.25) is 0 Å². The van der Waals surface area contributed by atoms with E-state index in [2.05, 4.69) is 93.6 Å². The lowest BCUT2D eigenvalue weighted by molar-refractivity contribution is 0.475. The molecule has 0 atom stereocenters. The zero-order chi connectivity index (χ0) is 33.4. The van der Waals surface area contributed by atoms with Gasteiger partial charge in [-0.25, -0.2) is 0 Å². The molecule has 7 rings (SSSR count). The molecule has 0 spiro atoms. The summed E-state index contributed by atoms with van der Waals surface area (Å²) in [7, 11) is 0. The second-order valence-electron chi connectivity index (χ2n) is 12.4. The smallest absolute Gasteiger partial charge is 0.115 e. The van der Waals surface area contributed by atoms with Crippen molar-refractivity contribution in [1.82, 2.24) is 0 Å². The van der Waals surface area contributed by atoms with E-state index < -0.39 is 0 Å². The van der Waals surface area contributed by atoms with Crippen molar-refractivity contribution >= 4 is 0 Å². The van der Waals surface area contributed by atoms with Crippen molar-refractivity contribution in [1.29, 1.82) is 0 Å². The van der Waals surface area contributed by atoms with Crippen molar-refractivity contribution in [2.24, 2.45) is 0 Å². The number of rotatable bonds is 6. The van der Waals surface area contributed by atoms with Gasteiger partial charge >= 0.3 is 0 Å². The van der Waals surface area contributed by atoms with Gasteiger partial charge in [0.05, 0.1) is 0 Å². The third kappa shape index (κ3) is 5.83. The Morgan fingerprint density at radius 3 is 0.562 bits per heavy atom. The molecule has 0 heterocycles. The predicted octanol–water partition coefficient (Wildman–Crippen LogP) is 11.7.